The van der Waals surface area contributed by atoms with Crippen molar-refractivity contribution in [1.29, 1.82) is 5.26 Å². The number of nitrogens with one attached hydrogen (secondary N) is 3. The van der Waals surface area contributed by atoms with Crippen LogP contribution in [0.3, 0.4) is 0 Å². The van der Waals surface area contributed by atoms with E-state index in [1.165, 1.54) is 5.56 Å². The number of hydrogen-bond donors (Lipinski definition) is 3. The zero-order chi connectivity index (χ0) is 31.9. The summed E-state index contributed by atoms with van der Waals surface area (Å²) < 4.78 is 17.8. The first kappa shape index (κ1) is 31.4. The Kier molecular flexibility index (Phi) is 9.99. The summed E-state index contributed by atoms with van der Waals surface area (Å²) >= 11 is 6.63. The van der Waals surface area contributed by atoms with Crippen LogP contribution >= 0.6 is 11.6 Å². The van der Waals surface area contributed by atoms with Gasteiger partial charge in [0.25, 0.3) is 0 Å². The van der Waals surface area contributed by atoms with Gasteiger partial charge in [-0.2, -0.15) is 5.26 Å². The molecule has 2 aliphatic rings. The molecule has 3 heterocycles. The van der Waals surface area contributed by atoms with Gasteiger partial charge in [-0.3, -0.25) is 9.78 Å². The quantitative estimate of drug-likeness (QED) is 0.169. The number of rotatable bonds is 10. The maximum atomic E-state index is 12.9. The Bertz CT molecular complexity index is 1790. The van der Waals surface area contributed by atoms with Crippen molar-refractivity contribution in [2.75, 3.05) is 31.6 Å². The molecule has 1 atom stereocenters. The minimum atomic E-state index is -0.145. The normalized spacial score (nSPS) is 16.1. The fourth-order valence-electron chi connectivity index (χ4n) is 5.51. The number of aryl methyl sites for hydroxylation is 1. The van der Waals surface area contributed by atoms with E-state index in [4.69, 9.17) is 25.8 Å². The highest BCUT2D eigenvalue weighted by Crippen LogP contribution is 2.36. The molecule has 9 nitrogen and oxygen atoms in total. The predicted molar refractivity (Wildman–Crippen MR) is 179 cm³/mol. The molecule has 46 heavy (non-hydrogen) atoms. The van der Waals surface area contributed by atoms with Crippen LogP contribution in [-0.4, -0.2) is 43.3 Å². The van der Waals surface area contributed by atoms with Crippen LogP contribution < -0.4 is 25.4 Å². The van der Waals surface area contributed by atoms with Gasteiger partial charge in [0.1, 0.15) is 30.3 Å². The monoisotopic (exact) mass is 637 g/mol. The average Bonchev–Trinajstić information content (AvgIpc) is 3.58. The molecule has 0 radical (unpaired) electrons. The smallest absolute Gasteiger partial charge is 0.244 e. The molecule has 2 fully saturated rings. The molecule has 3 N–H and O–H groups in total. The summed E-state index contributed by atoms with van der Waals surface area (Å²) in [5, 5.41) is 20.9. The first-order valence-electron chi connectivity index (χ1n) is 15.5. The fraction of sp³-hybridized carbons (Fsp3) is 0.306. The van der Waals surface area contributed by atoms with Crippen molar-refractivity contribution in [3.8, 4) is 17.6 Å². The number of piperidine rings is 1. The van der Waals surface area contributed by atoms with Crippen LogP contribution in [0.4, 0.5) is 11.4 Å². The Balaban J connectivity index is 1.27. The fourth-order valence-corrected chi connectivity index (χ4v) is 5.75. The average molecular weight is 638 g/mol. The Morgan fingerprint density at radius 1 is 1.15 bits per heavy atom. The van der Waals surface area contributed by atoms with Gasteiger partial charge in [-0.05, 0) is 62.7 Å². The topological polar surface area (TPSA) is 118 Å². The van der Waals surface area contributed by atoms with Crippen LogP contribution in [0, 0.1) is 18.3 Å². The molecule has 10 heteroatoms. The van der Waals surface area contributed by atoms with Gasteiger partial charge in [-0.15, -0.1) is 0 Å². The largest absolute Gasteiger partial charge is 0.487 e. The van der Waals surface area contributed by atoms with E-state index in [1.807, 2.05) is 55.5 Å². The number of halogens is 1. The van der Waals surface area contributed by atoms with Crippen molar-refractivity contribution in [3.05, 3.63) is 99.7 Å². The number of nitrogens with zero attached hydrogens (tertiary/aromatic N) is 2. The highest BCUT2D eigenvalue weighted by Gasteiger charge is 2.21. The number of hydrogen-bond acceptors (Lipinski definition) is 8. The molecule has 4 aromatic rings. The number of ether oxygens (including phenoxy) is 3. The lowest BCUT2D eigenvalue weighted by Crippen LogP contribution is -2.26. The summed E-state index contributed by atoms with van der Waals surface area (Å²) in [6.07, 6.45) is 5.66. The maximum absolute atomic E-state index is 12.9. The number of carbonyl (C=O) groups is 1. The highest BCUT2D eigenvalue weighted by molar-refractivity contribution is 6.32. The molecule has 0 spiro atoms. The third kappa shape index (κ3) is 7.77. The predicted octanol–water partition coefficient (Wildman–Crippen LogP) is 6.48. The summed E-state index contributed by atoms with van der Waals surface area (Å²) in [7, 11) is 0. The first-order chi connectivity index (χ1) is 22.4. The van der Waals surface area contributed by atoms with Gasteiger partial charge in [0.05, 0.1) is 35.0 Å². The van der Waals surface area contributed by atoms with E-state index in [9.17, 15) is 10.1 Å². The Morgan fingerprint density at radius 2 is 1.98 bits per heavy atom. The van der Waals surface area contributed by atoms with Gasteiger partial charge in [-0.1, -0.05) is 47.0 Å². The van der Waals surface area contributed by atoms with E-state index in [1.54, 1.807) is 18.3 Å². The minimum Gasteiger partial charge on any atom is -0.487 e. The van der Waals surface area contributed by atoms with E-state index in [-0.39, 0.29) is 18.6 Å². The van der Waals surface area contributed by atoms with Crippen LogP contribution in [0.25, 0.3) is 10.9 Å². The Morgan fingerprint density at radius 3 is 2.72 bits per heavy atom. The molecule has 236 valence electrons. The standard InChI is InChI=1S/C36H36ClN5O4/c1-23-2-4-25(5-3-23)21-45-33-7-6-28(16-31(33)37)42-36-27(18-38)20-40-32-17-34(46-29-10-13-44-22-29)26(15-30(32)36)19-41-35(43)14-24-8-11-39-12-9-24/h2-7,14-17,20,29,39H,8-13,19,21-22H2,1H3,(H,40,42)(H,41,43). The second-order valence-corrected chi connectivity index (χ2v) is 12.0. The van der Waals surface area contributed by atoms with Crippen molar-refractivity contribution in [2.24, 2.45) is 0 Å². The Hall–Kier alpha value is -4.62. The molecule has 3 aromatic carbocycles. The minimum absolute atomic E-state index is 0.0892. The third-order valence-electron chi connectivity index (χ3n) is 8.10. The van der Waals surface area contributed by atoms with E-state index in [0.29, 0.717) is 64.2 Å². The van der Waals surface area contributed by atoms with Gasteiger partial charge < -0.3 is 30.2 Å². The molecule has 0 aliphatic carbocycles. The summed E-state index contributed by atoms with van der Waals surface area (Å²) in [6.45, 7) is 5.59. The number of benzene rings is 3. The van der Waals surface area contributed by atoms with Gasteiger partial charge in [-0.25, -0.2) is 0 Å². The summed E-state index contributed by atoms with van der Waals surface area (Å²) in [4.78, 5) is 17.4. The van der Waals surface area contributed by atoms with Gasteiger partial charge in [0.2, 0.25) is 5.91 Å². The Labute approximate surface area is 273 Å². The molecule has 6 rings (SSSR count). The van der Waals surface area contributed by atoms with Crippen molar-refractivity contribution in [3.63, 3.8) is 0 Å². The van der Waals surface area contributed by atoms with Crippen molar-refractivity contribution >= 4 is 39.8 Å². The lowest BCUT2D eigenvalue weighted by Gasteiger charge is -2.19. The lowest BCUT2D eigenvalue weighted by atomic mass is 10.0. The van der Waals surface area contributed by atoms with Gasteiger partial charge >= 0.3 is 0 Å². The van der Waals surface area contributed by atoms with Crippen LogP contribution in [0.15, 0.2) is 72.4 Å². The van der Waals surface area contributed by atoms with E-state index < -0.39 is 0 Å². The number of carbonyl (C=O) groups excluding carboxylic acids is 1. The molecule has 2 aliphatic heterocycles. The molecular weight excluding hydrogens is 602 g/mol. The van der Waals surface area contributed by atoms with E-state index in [2.05, 4.69) is 27.0 Å². The summed E-state index contributed by atoms with van der Waals surface area (Å²) in [6, 6.07) is 19.6. The first-order valence-corrected chi connectivity index (χ1v) is 15.9. The van der Waals surface area contributed by atoms with Gasteiger partial charge in [0, 0.05) is 47.9 Å². The van der Waals surface area contributed by atoms with Crippen LogP contribution in [0.2, 0.25) is 5.02 Å². The SMILES string of the molecule is Cc1ccc(COc2ccc(Nc3c(C#N)cnc4cc(OC5CCOC5)c(CNC(=O)C=C5CCNCC5)cc34)cc2Cl)cc1. The van der Waals surface area contributed by atoms with E-state index >= 15 is 0 Å². The molecule has 1 aromatic heterocycles. The number of nitriles is 1. The van der Waals surface area contributed by atoms with Gasteiger partial charge in [0.15, 0.2) is 0 Å². The highest BCUT2D eigenvalue weighted by atomic mass is 35.5. The van der Waals surface area contributed by atoms with Crippen LogP contribution in [0.5, 0.6) is 11.5 Å². The molecule has 0 saturated carbocycles. The maximum Gasteiger partial charge on any atom is 0.244 e. The number of anilines is 2. The number of pyridine rings is 1. The van der Waals surface area contributed by atoms with Crippen LogP contribution in [-0.2, 0) is 22.7 Å². The van der Waals surface area contributed by atoms with Crippen molar-refractivity contribution < 1.29 is 19.0 Å². The number of aromatic nitrogens is 1. The number of amides is 1. The van der Waals surface area contributed by atoms with Crippen molar-refractivity contribution in [1.82, 2.24) is 15.6 Å². The summed E-state index contributed by atoms with van der Waals surface area (Å²) in [5.41, 5.74) is 6.42. The van der Waals surface area contributed by atoms with Crippen LogP contribution in [0.1, 0.15) is 41.5 Å². The van der Waals surface area contributed by atoms with E-state index in [0.717, 1.165) is 49.1 Å². The zero-order valence-corrected chi connectivity index (χ0v) is 26.5. The second kappa shape index (κ2) is 14.6. The van der Waals surface area contributed by atoms with Crippen molar-refractivity contribution in [2.45, 2.75) is 45.4 Å². The lowest BCUT2D eigenvalue weighted by molar-refractivity contribution is -0.116. The molecule has 0 bridgehead atoms. The molecule has 1 unspecified atom stereocenters. The number of fused-ring (bicyclic) bond motifs is 1. The molecular formula is C36H36ClN5O4. The molecule has 2 saturated heterocycles. The zero-order valence-electron chi connectivity index (χ0n) is 25.7. The second-order valence-electron chi connectivity index (χ2n) is 11.6. The third-order valence-corrected chi connectivity index (χ3v) is 8.40. The molecule has 1 amide bonds. The summed E-state index contributed by atoms with van der Waals surface area (Å²) in [5.74, 6) is 1.04.